The van der Waals surface area contributed by atoms with Crippen LogP contribution in [0.4, 0.5) is 0 Å². The molecule has 0 aromatic heterocycles. The molecule has 1 aliphatic heterocycles. The van der Waals surface area contributed by atoms with Crippen molar-refractivity contribution in [3.05, 3.63) is 29.8 Å². The van der Waals surface area contributed by atoms with E-state index >= 15 is 0 Å². The number of carbonyl (C=O) groups excluding carboxylic acids is 2. The number of hydrogen-bond donors (Lipinski definition) is 2. The number of rotatable bonds is 10. The van der Waals surface area contributed by atoms with Crippen molar-refractivity contribution in [3.8, 4) is 5.75 Å². The minimum Gasteiger partial charge on any atom is -0.497 e. The number of carboxylic acids is 1. The minimum atomic E-state index is -0.887. The van der Waals surface area contributed by atoms with Crippen LogP contribution in [0.15, 0.2) is 24.3 Å². The van der Waals surface area contributed by atoms with Gasteiger partial charge in [0.25, 0.3) is 0 Å². The standard InChI is InChI=1S/C20H28N2O5/c1-3-4-12-22-17(23)13-16(20(26)21-11-5-6-18(24)25)19(22)14-7-9-15(27-2)10-8-14/h7-10,16,19H,3-6,11-13H2,1-2H3,(H,21,26)(H,24,25). The molecule has 2 amide bonds. The Morgan fingerprint density at radius 1 is 1.26 bits per heavy atom. The molecule has 27 heavy (non-hydrogen) atoms. The number of hydrogen-bond acceptors (Lipinski definition) is 4. The topological polar surface area (TPSA) is 95.9 Å². The molecule has 1 saturated heterocycles. The molecule has 1 fully saturated rings. The summed E-state index contributed by atoms with van der Waals surface area (Å²) < 4.78 is 5.20. The Balaban J connectivity index is 2.15. The van der Waals surface area contributed by atoms with E-state index in [1.807, 2.05) is 24.3 Å². The normalized spacial score (nSPS) is 19.2. The Morgan fingerprint density at radius 2 is 1.96 bits per heavy atom. The van der Waals surface area contributed by atoms with E-state index in [1.54, 1.807) is 12.0 Å². The second-order valence-electron chi connectivity index (χ2n) is 6.76. The third-order valence-electron chi connectivity index (χ3n) is 4.85. The molecule has 2 atom stereocenters. The first-order chi connectivity index (χ1) is 13.0. The van der Waals surface area contributed by atoms with Gasteiger partial charge in [-0.15, -0.1) is 0 Å². The summed E-state index contributed by atoms with van der Waals surface area (Å²) in [5, 5.41) is 11.5. The molecule has 0 saturated carbocycles. The molecule has 7 nitrogen and oxygen atoms in total. The van der Waals surface area contributed by atoms with Gasteiger partial charge in [0.05, 0.1) is 19.1 Å². The number of methoxy groups -OCH3 is 1. The average molecular weight is 376 g/mol. The molecule has 2 N–H and O–H groups in total. The van der Waals surface area contributed by atoms with Crippen LogP contribution >= 0.6 is 0 Å². The van der Waals surface area contributed by atoms with Crippen LogP contribution in [-0.4, -0.2) is 48.0 Å². The monoisotopic (exact) mass is 376 g/mol. The van der Waals surface area contributed by atoms with Gasteiger partial charge < -0.3 is 20.1 Å². The molecule has 2 unspecified atom stereocenters. The fraction of sp³-hybridized carbons (Fsp3) is 0.550. The van der Waals surface area contributed by atoms with Crippen LogP contribution in [0.25, 0.3) is 0 Å². The number of unbranched alkanes of at least 4 members (excludes halogenated alkanes) is 1. The Hall–Kier alpha value is -2.57. The highest BCUT2D eigenvalue weighted by molar-refractivity contribution is 5.90. The number of likely N-dealkylation sites (tertiary alicyclic amines) is 1. The number of nitrogens with one attached hydrogen (secondary N) is 1. The van der Waals surface area contributed by atoms with E-state index in [0.29, 0.717) is 19.5 Å². The Morgan fingerprint density at radius 3 is 2.56 bits per heavy atom. The molecule has 0 bridgehead atoms. The van der Waals surface area contributed by atoms with Gasteiger partial charge in [-0.2, -0.15) is 0 Å². The minimum absolute atomic E-state index is 0.00834. The maximum atomic E-state index is 12.7. The van der Waals surface area contributed by atoms with Crippen LogP contribution in [0.1, 0.15) is 50.6 Å². The molecule has 1 aromatic carbocycles. The van der Waals surface area contributed by atoms with Crippen LogP contribution in [0.3, 0.4) is 0 Å². The summed E-state index contributed by atoms with van der Waals surface area (Å²) in [5.74, 6) is -0.865. The van der Waals surface area contributed by atoms with Crippen LogP contribution in [0.2, 0.25) is 0 Å². The third-order valence-corrected chi connectivity index (χ3v) is 4.85. The number of carboxylic acid groups (broad SMARTS) is 1. The third kappa shape index (κ3) is 5.45. The fourth-order valence-corrected chi connectivity index (χ4v) is 3.41. The highest BCUT2D eigenvalue weighted by Gasteiger charge is 2.43. The van der Waals surface area contributed by atoms with Gasteiger partial charge in [-0.05, 0) is 30.5 Å². The first kappa shape index (κ1) is 20.7. The quantitative estimate of drug-likeness (QED) is 0.611. The van der Waals surface area contributed by atoms with Crippen molar-refractivity contribution in [3.63, 3.8) is 0 Å². The number of aliphatic carboxylic acids is 1. The van der Waals surface area contributed by atoms with E-state index in [-0.39, 0.29) is 30.7 Å². The molecule has 0 spiro atoms. The van der Waals surface area contributed by atoms with Gasteiger partial charge in [0.15, 0.2) is 0 Å². The summed E-state index contributed by atoms with van der Waals surface area (Å²) in [6.45, 7) is 2.98. The van der Waals surface area contributed by atoms with Gasteiger partial charge in [0.2, 0.25) is 11.8 Å². The van der Waals surface area contributed by atoms with Gasteiger partial charge in [-0.1, -0.05) is 25.5 Å². The zero-order valence-electron chi connectivity index (χ0n) is 15.9. The second kappa shape index (κ2) is 9.94. The second-order valence-corrected chi connectivity index (χ2v) is 6.76. The molecule has 1 aliphatic rings. The molecule has 1 aromatic rings. The fourth-order valence-electron chi connectivity index (χ4n) is 3.41. The van der Waals surface area contributed by atoms with E-state index < -0.39 is 11.9 Å². The molecule has 0 radical (unpaired) electrons. The van der Waals surface area contributed by atoms with E-state index in [1.165, 1.54) is 0 Å². The highest BCUT2D eigenvalue weighted by atomic mass is 16.5. The molecular formula is C20H28N2O5. The summed E-state index contributed by atoms with van der Waals surface area (Å²) in [6, 6.07) is 7.14. The highest BCUT2D eigenvalue weighted by Crippen LogP contribution is 2.39. The Kier molecular flexibility index (Phi) is 7.64. The van der Waals surface area contributed by atoms with Crippen molar-refractivity contribution < 1.29 is 24.2 Å². The molecule has 7 heteroatoms. The van der Waals surface area contributed by atoms with Crippen molar-refractivity contribution in [1.82, 2.24) is 10.2 Å². The smallest absolute Gasteiger partial charge is 0.303 e. The maximum absolute atomic E-state index is 12.7. The number of carbonyl (C=O) groups is 3. The van der Waals surface area contributed by atoms with Crippen molar-refractivity contribution in [2.24, 2.45) is 5.92 Å². The SMILES string of the molecule is CCCCN1C(=O)CC(C(=O)NCCCC(=O)O)C1c1ccc(OC)cc1. The zero-order valence-corrected chi connectivity index (χ0v) is 15.9. The van der Waals surface area contributed by atoms with E-state index in [2.05, 4.69) is 12.2 Å². The lowest BCUT2D eigenvalue weighted by atomic mass is 9.92. The predicted molar refractivity (Wildman–Crippen MR) is 100 cm³/mol. The van der Waals surface area contributed by atoms with Crippen molar-refractivity contribution in [2.75, 3.05) is 20.2 Å². The van der Waals surface area contributed by atoms with Gasteiger partial charge in [0.1, 0.15) is 5.75 Å². The Bertz CT molecular complexity index is 659. The van der Waals surface area contributed by atoms with Gasteiger partial charge in [-0.3, -0.25) is 14.4 Å². The summed E-state index contributed by atoms with van der Waals surface area (Å²) in [7, 11) is 1.59. The molecule has 148 valence electrons. The number of amides is 2. The molecular weight excluding hydrogens is 348 g/mol. The summed E-state index contributed by atoms with van der Waals surface area (Å²) >= 11 is 0. The predicted octanol–water partition coefficient (Wildman–Crippen LogP) is 2.37. The van der Waals surface area contributed by atoms with Crippen LogP contribution in [-0.2, 0) is 14.4 Å². The van der Waals surface area contributed by atoms with Crippen molar-refractivity contribution in [2.45, 2.75) is 45.1 Å². The summed E-state index contributed by atoms with van der Waals surface area (Å²) in [5.41, 5.74) is 0.906. The van der Waals surface area contributed by atoms with Crippen molar-refractivity contribution >= 4 is 17.8 Å². The number of nitrogens with zero attached hydrogens (tertiary/aromatic N) is 1. The summed E-state index contributed by atoms with van der Waals surface area (Å²) in [4.78, 5) is 37.7. The largest absolute Gasteiger partial charge is 0.497 e. The van der Waals surface area contributed by atoms with Gasteiger partial charge in [0, 0.05) is 25.9 Å². The van der Waals surface area contributed by atoms with Gasteiger partial charge in [-0.25, -0.2) is 0 Å². The molecule has 0 aliphatic carbocycles. The van der Waals surface area contributed by atoms with Crippen molar-refractivity contribution in [1.29, 1.82) is 0 Å². The first-order valence-corrected chi connectivity index (χ1v) is 9.40. The summed E-state index contributed by atoms with van der Waals surface area (Å²) in [6.07, 6.45) is 2.39. The number of ether oxygens (including phenoxy) is 1. The lowest BCUT2D eigenvalue weighted by Crippen LogP contribution is -2.36. The lowest BCUT2D eigenvalue weighted by Gasteiger charge is -2.28. The van der Waals surface area contributed by atoms with Crippen LogP contribution in [0, 0.1) is 5.92 Å². The Labute approximate surface area is 159 Å². The number of benzene rings is 1. The maximum Gasteiger partial charge on any atom is 0.303 e. The van der Waals surface area contributed by atoms with E-state index in [9.17, 15) is 14.4 Å². The van der Waals surface area contributed by atoms with E-state index in [0.717, 1.165) is 24.2 Å². The van der Waals surface area contributed by atoms with E-state index in [4.69, 9.17) is 9.84 Å². The zero-order chi connectivity index (χ0) is 19.8. The molecule has 2 rings (SSSR count). The average Bonchev–Trinajstić information content (AvgIpc) is 2.99. The van der Waals surface area contributed by atoms with Crippen LogP contribution in [0.5, 0.6) is 5.75 Å². The van der Waals surface area contributed by atoms with Crippen LogP contribution < -0.4 is 10.1 Å². The van der Waals surface area contributed by atoms with Gasteiger partial charge >= 0.3 is 5.97 Å². The lowest BCUT2D eigenvalue weighted by molar-refractivity contribution is -0.137. The molecule has 1 heterocycles. The first-order valence-electron chi connectivity index (χ1n) is 9.40.